The van der Waals surface area contributed by atoms with Gasteiger partial charge in [-0.1, -0.05) is 46.2 Å². The third-order valence-electron chi connectivity index (χ3n) is 6.00. The molecule has 0 radical (unpaired) electrons. The van der Waals surface area contributed by atoms with Crippen molar-refractivity contribution in [2.75, 3.05) is 5.73 Å². The van der Waals surface area contributed by atoms with Gasteiger partial charge in [-0.2, -0.15) is 5.10 Å². The summed E-state index contributed by atoms with van der Waals surface area (Å²) in [5, 5.41) is 5.52. The lowest BCUT2D eigenvalue weighted by Crippen LogP contribution is -2.43. The van der Waals surface area contributed by atoms with Gasteiger partial charge in [0.2, 0.25) is 0 Å². The van der Waals surface area contributed by atoms with E-state index in [0.717, 1.165) is 35.8 Å². The molecule has 2 aromatic rings. The molecular formula is C20H30ClN3OSi. The summed E-state index contributed by atoms with van der Waals surface area (Å²) in [5.41, 5.74) is 9.61. The van der Waals surface area contributed by atoms with E-state index in [-0.39, 0.29) is 10.5 Å². The van der Waals surface area contributed by atoms with E-state index in [1.54, 1.807) is 0 Å². The molecule has 0 amide bonds. The van der Waals surface area contributed by atoms with Crippen molar-refractivity contribution in [2.24, 2.45) is 0 Å². The third kappa shape index (κ3) is 3.16. The molecule has 26 heavy (non-hydrogen) atoms. The van der Waals surface area contributed by atoms with Crippen LogP contribution in [-0.4, -0.2) is 18.1 Å². The minimum Gasteiger partial charge on any atom is -0.543 e. The monoisotopic (exact) mass is 391 g/mol. The van der Waals surface area contributed by atoms with Crippen LogP contribution >= 0.6 is 11.6 Å². The maximum absolute atomic E-state index is 6.55. The van der Waals surface area contributed by atoms with E-state index in [1.165, 1.54) is 5.56 Å². The van der Waals surface area contributed by atoms with E-state index in [1.807, 2.05) is 22.9 Å². The third-order valence-corrected chi connectivity index (χ3v) is 10.6. The molecular weight excluding hydrogens is 362 g/mol. The van der Waals surface area contributed by atoms with E-state index in [2.05, 4.69) is 47.7 Å². The summed E-state index contributed by atoms with van der Waals surface area (Å²) in [6, 6.07) is 5.82. The largest absolute Gasteiger partial charge is 0.543 e. The predicted octanol–water partition coefficient (Wildman–Crippen LogP) is 5.72. The quantitative estimate of drug-likeness (QED) is 0.681. The highest BCUT2D eigenvalue weighted by Crippen LogP contribution is 2.42. The van der Waals surface area contributed by atoms with Crippen molar-refractivity contribution < 1.29 is 4.43 Å². The van der Waals surface area contributed by atoms with Crippen molar-refractivity contribution in [1.82, 2.24) is 9.78 Å². The van der Waals surface area contributed by atoms with Crippen LogP contribution in [-0.2, 0) is 11.8 Å². The van der Waals surface area contributed by atoms with Gasteiger partial charge in [-0.15, -0.1) is 0 Å². The van der Waals surface area contributed by atoms with Gasteiger partial charge in [0.25, 0.3) is 8.32 Å². The number of aromatic nitrogens is 2. The average molecular weight is 392 g/mol. The van der Waals surface area contributed by atoms with Crippen molar-refractivity contribution in [2.45, 2.75) is 71.0 Å². The van der Waals surface area contributed by atoms with Crippen molar-refractivity contribution in [3.8, 4) is 11.4 Å². The number of benzene rings is 1. The lowest BCUT2D eigenvalue weighted by molar-refractivity contribution is 0.492. The molecule has 0 aliphatic heterocycles. The predicted molar refractivity (Wildman–Crippen MR) is 112 cm³/mol. The number of hydrogen-bond donors (Lipinski definition) is 1. The number of halogens is 1. The van der Waals surface area contributed by atoms with Gasteiger partial charge < -0.3 is 10.2 Å². The van der Waals surface area contributed by atoms with Gasteiger partial charge in [0.05, 0.1) is 16.4 Å². The fourth-order valence-corrected chi connectivity index (χ4v) is 4.45. The maximum atomic E-state index is 6.55. The van der Waals surface area contributed by atoms with E-state index >= 15 is 0 Å². The zero-order valence-electron chi connectivity index (χ0n) is 16.9. The van der Waals surface area contributed by atoms with Crippen molar-refractivity contribution in [3.63, 3.8) is 0 Å². The highest BCUT2D eigenvalue weighted by molar-refractivity contribution is 6.74. The van der Waals surface area contributed by atoms with Crippen LogP contribution < -0.4 is 10.2 Å². The summed E-state index contributed by atoms with van der Waals surface area (Å²) in [6.07, 6.45) is 2.07. The molecule has 2 N–H and O–H groups in total. The Balaban J connectivity index is 1.95. The molecule has 0 spiro atoms. The summed E-state index contributed by atoms with van der Waals surface area (Å²) < 4.78 is 8.17. The number of nitrogens with zero attached hydrogens (tertiary/aromatic N) is 2. The Hall–Kier alpha value is -1.46. The summed E-state index contributed by atoms with van der Waals surface area (Å²) in [4.78, 5) is 0. The molecule has 1 aromatic heterocycles. The van der Waals surface area contributed by atoms with Crippen LogP contribution in [0.5, 0.6) is 5.75 Å². The molecule has 1 aliphatic carbocycles. The van der Waals surface area contributed by atoms with E-state index in [0.29, 0.717) is 5.02 Å². The average Bonchev–Trinajstić information content (AvgIpc) is 2.98. The fraction of sp³-hybridized carbons (Fsp3) is 0.550. The molecule has 1 aromatic carbocycles. The number of hydrogen-bond acceptors (Lipinski definition) is 3. The van der Waals surface area contributed by atoms with Crippen molar-refractivity contribution >= 4 is 25.7 Å². The number of anilines is 1. The first-order valence-electron chi connectivity index (χ1n) is 9.20. The second-order valence-corrected chi connectivity index (χ2v) is 14.6. The Kier molecular flexibility index (Phi) is 4.47. The first-order chi connectivity index (χ1) is 11.8. The Bertz CT molecular complexity index is 849. The first kappa shape index (κ1) is 19.3. The normalized spacial score (nSPS) is 16.6. The number of fused-ring (bicyclic) bond motifs is 1. The molecule has 0 atom stereocenters. The molecule has 3 rings (SSSR count). The van der Waals surface area contributed by atoms with Gasteiger partial charge in [-0.3, -0.25) is 0 Å². The van der Waals surface area contributed by atoms with Crippen LogP contribution in [0.4, 0.5) is 5.82 Å². The molecule has 0 saturated heterocycles. The van der Waals surface area contributed by atoms with E-state index < -0.39 is 8.32 Å². The minimum atomic E-state index is -1.94. The van der Waals surface area contributed by atoms with Gasteiger partial charge in [-0.05, 0) is 49.2 Å². The molecule has 6 heteroatoms. The van der Waals surface area contributed by atoms with Crippen LogP contribution in [0.1, 0.15) is 52.3 Å². The van der Waals surface area contributed by atoms with Crippen molar-refractivity contribution in [3.05, 3.63) is 34.5 Å². The highest BCUT2D eigenvalue weighted by atomic mass is 35.5. The molecule has 0 fully saturated rings. The Labute approximate surface area is 162 Å². The Morgan fingerprint density at radius 3 is 2.46 bits per heavy atom. The van der Waals surface area contributed by atoms with Gasteiger partial charge >= 0.3 is 0 Å². The Morgan fingerprint density at radius 2 is 1.92 bits per heavy atom. The van der Waals surface area contributed by atoms with Gasteiger partial charge in [-0.25, -0.2) is 4.68 Å². The molecule has 142 valence electrons. The van der Waals surface area contributed by atoms with Crippen LogP contribution in [0.2, 0.25) is 23.2 Å². The molecule has 4 nitrogen and oxygen atoms in total. The Morgan fingerprint density at radius 1 is 1.27 bits per heavy atom. The van der Waals surface area contributed by atoms with Crippen LogP contribution in [0.25, 0.3) is 5.69 Å². The topological polar surface area (TPSA) is 53.1 Å². The van der Waals surface area contributed by atoms with E-state index in [4.69, 9.17) is 26.9 Å². The minimum absolute atomic E-state index is 0.0733. The molecule has 1 heterocycles. The second kappa shape index (κ2) is 6.03. The lowest BCUT2D eigenvalue weighted by Gasteiger charge is -2.36. The standard InChI is InChI=1S/C20H30ClN3OSi/c1-19(2,3)26(6,7)25-16-9-8-13(12-15(16)21)24-18(22)14-10-11-20(4,5)17(14)23-24/h8-9,12H,10-11,22H2,1-7H3. The van der Waals surface area contributed by atoms with Crippen LogP contribution in [0.15, 0.2) is 18.2 Å². The number of rotatable bonds is 3. The van der Waals surface area contributed by atoms with Gasteiger partial charge in [0.1, 0.15) is 11.6 Å². The first-order valence-corrected chi connectivity index (χ1v) is 12.5. The van der Waals surface area contributed by atoms with Crippen molar-refractivity contribution in [1.29, 1.82) is 0 Å². The highest BCUT2D eigenvalue weighted by Gasteiger charge is 2.39. The fourth-order valence-electron chi connectivity index (χ4n) is 3.14. The van der Waals surface area contributed by atoms with Crippen LogP contribution in [0.3, 0.4) is 0 Å². The molecule has 0 saturated carbocycles. The summed E-state index contributed by atoms with van der Waals surface area (Å²) in [6.45, 7) is 15.5. The summed E-state index contributed by atoms with van der Waals surface area (Å²) in [7, 11) is -1.94. The summed E-state index contributed by atoms with van der Waals surface area (Å²) in [5.74, 6) is 1.46. The lowest BCUT2D eigenvalue weighted by atomic mass is 9.91. The van der Waals surface area contributed by atoms with Crippen LogP contribution in [0, 0.1) is 0 Å². The number of nitrogen functional groups attached to an aromatic ring is 1. The molecule has 0 unspecified atom stereocenters. The smallest absolute Gasteiger partial charge is 0.250 e. The maximum Gasteiger partial charge on any atom is 0.250 e. The van der Waals surface area contributed by atoms with Gasteiger partial charge in [0, 0.05) is 11.0 Å². The zero-order valence-corrected chi connectivity index (χ0v) is 18.7. The van der Waals surface area contributed by atoms with E-state index in [9.17, 15) is 0 Å². The SMILES string of the molecule is CC1(C)CCc2c1nn(-c1ccc(O[Si](C)(C)C(C)(C)C)c(Cl)c1)c2N. The number of nitrogens with two attached hydrogens (primary N) is 1. The summed E-state index contributed by atoms with van der Waals surface area (Å²) >= 11 is 6.55. The second-order valence-electron chi connectivity index (χ2n) is 9.49. The van der Waals surface area contributed by atoms with Gasteiger partial charge in [0.15, 0.2) is 0 Å². The molecule has 1 aliphatic rings. The zero-order chi connectivity index (χ0) is 19.5. The molecule has 0 bridgehead atoms.